The molecule has 10 nitrogen and oxygen atoms in total. The number of nitrogens with one attached hydrogen (secondary N) is 3. The van der Waals surface area contributed by atoms with E-state index in [0.29, 0.717) is 35.1 Å². The van der Waals surface area contributed by atoms with Gasteiger partial charge in [-0.3, -0.25) is 14.6 Å². The molecule has 4 N–H and O–H groups in total. The second kappa shape index (κ2) is 10.5. The maximum Gasteiger partial charge on any atom is 0.255 e. The van der Waals surface area contributed by atoms with Gasteiger partial charge in [0.25, 0.3) is 5.91 Å². The molecule has 0 spiro atoms. The number of nitrogens with zero attached hydrogens (tertiary/aromatic N) is 4. The number of pyridine rings is 1. The Morgan fingerprint density at radius 2 is 2.00 bits per heavy atom. The minimum Gasteiger partial charge on any atom is -0.387 e. The van der Waals surface area contributed by atoms with Crippen LogP contribution < -0.4 is 16.0 Å². The molecule has 0 radical (unpaired) electrons. The Labute approximate surface area is 232 Å². The summed E-state index contributed by atoms with van der Waals surface area (Å²) in [5.41, 5.74) is 1.44. The van der Waals surface area contributed by atoms with Crippen molar-refractivity contribution >= 4 is 23.0 Å². The molecule has 0 unspecified atom stereocenters. The van der Waals surface area contributed by atoms with Crippen LogP contribution in [0, 0.1) is 22.7 Å². The number of anilines is 1. The fourth-order valence-electron chi connectivity index (χ4n) is 4.78. The molecule has 2 saturated carbocycles. The van der Waals surface area contributed by atoms with Gasteiger partial charge in [0.1, 0.15) is 12.2 Å². The lowest BCUT2D eigenvalue weighted by atomic mass is 9.80. The first-order valence-corrected chi connectivity index (χ1v) is 13.5. The third kappa shape index (κ3) is 5.77. The van der Waals surface area contributed by atoms with Crippen molar-refractivity contribution in [2.24, 2.45) is 11.3 Å². The van der Waals surface area contributed by atoms with Crippen LogP contribution in [0.1, 0.15) is 62.4 Å². The Balaban J connectivity index is 1.33. The number of halogens is 1. The fraction of sp³-hybridized carbons (Fsp3) is 0.483. The van der Waals surface area contributed by atoms with E-state index in [1.165, 1.54) is 26.2 Å². The molecule has 5 rings (SSSR count). The van der Waals surface area contributed by atoms with Crippen LogP contribution in [-0.4, -0.2) is 62.4 Å². The van der Waals surface area contributed by atoms with Gasteiger partial charge in [-0.2, -0.15) is 10.4 Å². The monoisotopic (exact) mass is 547 g/mol. The summed E-state index contributed by atoms with van der Waals surface area (Å²) in [4.78, 5) is 29.8. The van der Waals surface area contributed by atoms with Gasteiger partial charge in [0.05, 0.1) is 52.1 Å². The number of nitriles is 1. The normalized spacial score (nSPS) is 20.2. The van der Waals surface area contributed by atoms with Gasteiger partial charge in [-0.25, -0.2) is 8.91 Å². The molecule has 11 heteroatoms. The Bertz CT molecular complexity index is 1480. The van der Waals surface area contributed by atoms with Crippen LogP contribution in [0.2, 0.25) is 0 Å². The zero-order valence-electron chi connectivity index (χ0n) is 22.9. The molecular formula is C29H34FN7O3. The van der Waals surface area contributed by atoms with Crippen molar-refractivity contribution in [2.75, 3.05) is 18.4 Å². The smallest absolute Gasteiger partial charge is 0.255 e. The molecule has 0 saturated heterocycles. The third-order valence-corrected chi connectivity index (χ3v) is 7.94. The van der Waals surface area contributed by atoms with E-state index in [-0.39, 0.29) is 29.5 Å². The molecule has 210 valence electrons. The highest BCUT2D eigenvalue weighted by molar-refractivity contribution is 6.00. The summed E-state index contributed by atoms with van der Waals surface area (Å²) in [6.45, 7) is 4.97. The molecular weight excluding hydrogens is 513 g/mol. The van der Waals surface area contributed by atoms with E-state index in [1.807, 2.05) is 19.1 Å². The summed E-state index contributed by atoms with van der Waals surface area (Å²) < 4.78 is 16.0. The van der Waals surface area contributed by atoms with E-state index in [1.54, 1.807) is 16.6 Å². The second-order valence-electron chi connectivity index (χ2n) is 11.8. The molecule has 0 aromatic carbocycles. The lowest BCUT2D eigenvalue weighted by Gasteiger charge is -2.37. The number of aromatic nitrogens is 3. The van der Waals surface area contributed by atoms with E-state index >= 15 is 0 Å². The fourth-order valence-corrected chi connectivity index (χ4v) is 4.78. The van der Waals surface area contributed by atoms with Crippen molar-refractivity contribution in [3.63, 3.8) is 0 Å². The molecule has 2 aliphatic carbocycles. The van der Waals surface area contributed by atoms with Crippen molar-refractivity contribution in [3.05, 3.63) is 47.8 Å². The number of carbonyl (C=O) groups excluding carboxylic acids is 2. The van der Waals surface area contributed by atoms with Crippen molar-refractivity contribution in [1.29, 1.82) is 5.26 Å². The van der Waals surface area contributed by atoms with Crippen LogP contribution in [0.3, 0.4) is 0 Å². The number of amides is 2. The van der Waals surface area contributed by atoms with Gasteiger partial charge in [-0.15, -0.1) is 0 Å². The number of hydrogen-bond donors (Lipinski definition) is 4. The van der Waals surface area contributed by atoms with Gasteiger partial charge in [-0.05, 0) is 69.7 Å². The topological polar surface area (TPSA) is 144 Å². The predicted octanol–water partition coefficient (Wildman–Crippen LogP) is 3.21. The second-order valence-corrected chi connectivity index (χ2v) is 11.8. The standard InChI is InChI=1S/C29H34FN7O3/c1-28(2,40)25(30)16-33-26(38)21-15-32-23(24-5-4-20-10-18(12-31)14-35-37(20)24)11-22(21)36-19-8-17(9-19)13-34-27(39)29(3)6-7-29/h4-5,10-11,14-15,17,19,25,40H,6-9,13,16H2,1-3H3,(H,32,36)(H,33,38)(H,34,39)/t17-,19-,25-/m1/s1. The molecule has 2 aliphatic rings. The zero-order chi connectivity index (χ0) is 28.7. The molecule has 40 heavy (non-hydrogen) atoms. The van der Waals surface area contributed by atoms with Crippen LogP contribution in [0.25, 0.3) is 16.9 Å². The predicted molar refractivity (Wildman–Crippen MR) is 147 cm³/mol. The first kappa shape index (κ1) is 27.5. The van der Waals surface area contributed by atoms with E-state index in [9.17, 15) is 24.3 Å². The van der Waals surface area contributed by atoms with Gasteiger partial charge >= 0.3 is 0 Å². The first-order chi connectivity index (χ1) is 19.0. The molecule has 0 aliphatic heterocycles. The summed E-state index contributed by atoms with van der Waals surface area (Å²) in [5, 5.41) is 32.5. The van der Waals surface area contributed by atoms with Crippen molar-refractivity contribution in [1.82, 2.24) is 25.2 Å². The summed E-state index contributed by atoms with van der Waals surface area (Å²) in [6, 6.07) is 9.34. The molecule has 3 heterocycles. The van der Waals surface area contributed by atoms with E-state index in [0.717, 1.165) is 31.2 Å². The molecule has 1 atom stereocenters. The molecule has 0 bridgehead atoms. The highest BCUT2D eigenvalue weighted by Crippen LogP contribution is 2.45. The number of rotatable bonds is 10. The maximum atomic E-state index is 14.3. The Morgan fingerprint density at radius 3 is 2.67 bits per heavy atom. The van der Waals surface area contributed by atoms with E-state index in [2.05, 4.69) is 32.1 Å². The highest BCUT2D eigenvalue weighted by atomic mass is 19.1. The highest BCUT2D eigenvalue weighted by Gasteiger charge is 2.45. The first-order valence-electron chi connectivity index (χ1n) is 13.5. The molecule has 2 fully saturated rings. The van der Waals surface area contributed by atoms with Crippen LogP contribution in [-0.2, 0) is 4.79 Å². The minimum atomic E-state index is -1.64. The van der Waals surface area contributed by atoms with E-state index in [4.69, 9.17) is 0 Å². The SMILES string of the molecule is CC1(C(=O)NC[C@H]2C[C@H](Nc3cc(-c4ccc5cc(C#N)cnn45)ncc3C(=O)NC[C@@H](F)C(C)(C)O)C2)CC1. The minimum absolute atomic E-state index is 0.0888. The summed E-state index contributed by atoms with van der Waals surface area (Å²) in [6.07, 6.45) is 4.81. The lowest BCUT2D eigenvalue weighted by Crippen LogP contribution is -2.44. The zero-order valence-corrected chi connectivity index (χ0v) is 22.9. The van der Waals surface area contributed by atoms with Crippen LogP contribution >= 0.6 is 0 Å². The maximum absolute atomic E-state index is 14.3. The molecule has 3 aromatic rings. The Hall–Kier alpha value is -4.04. The van der Waals surface area contributed by atoms with Crippen molar-refractivity contribution < 1.29 is 19.1 Å². The number of alkyl halides is 1. The van der Waals surface area contributed by atoms with Gasteiger partial charge in [-0.1, -0.05) is 6.92 Å². The average Bonchev–Trinajstić information content (AvgIpc) is 3.52. The van der Waals surface area contributed by atoms with Gasteiger partial charge < -0.3 is 21.1 Å². The molecule has 3 aromatic heterocycles. The van der Waals surface area contributed by atoms with Gasteiger partial charge in [0.2, 0.25) is 5.91 Å². The van der Waals surface area contributed by atoms with Crippen LogP contribution in [0.15, 0.2) is 36.7 Å². The van der Waals surface area contributed by atoms with Gasteiger partial charge in [0, 0.05) is 24.2 Å². The van der Waals surface area contributed by atoms with Crippen LogP contribution in [0.4, 0.5) is 10.1 Å². The van der Waals surface area contributed by atoms with E-state index < -0.39 is 17.7 Å². The van der Waals surface area contributed by atoms with Crippen molar-refractivity contribution in [2.45, 2.75) is 64.3 Å². The summed E-state index contributed by atoms with van der Waals surface area (Å²) in [7, 11) is 0. The largest absolute Gasteiger partial charge is 0.387 e. The Morgan fingerprint density at radius 1 is 1.25 bits per heavy atom. The number of aliphatic hydroxyl groups is 1. The number of carbonyl (C=O) groups is 2. The van der Waals surface area contributed by atoms with Crippen LogP contribution in [0.5, 0.6) is 0 Å². The Kier molecular flexibility index (Phi) is 7.23. The average molecular weight is 548 g/mol. The summed E-state index contributed by atoms with van der Waals surface area (Å²) in [5.74, 6) is -0.0468. The number of fused-ring (bicyclic) bond motifs is 1. The summed E-state index contributed by atoms with van der Waals surface area (Å²) >= 11 is 0. The number of hydrogen-bond acceptors (Lipinski definition) is 7. The van der Waals surface area contributed by atoms with Gasteiger partial charge in [0.15, 0.2) is 0 Å². The van der Waals surface area contributed by atoms with Crippen molar-refractivity contribution in [3.8, 4) is 17.5 Å². The lowest BCUT2D eigenvalue weighted by molar-refractivity contribution is -0.126. The quantitative estimate of drug-likeness (QED) is 0.305. The molecule has 2 amide bonds. The third-order valence-electron chi connectivity index (χ3n) is 7.94.